The molecule has 3 N–H and O–H groups in total. The third kappa shape index (κ3) is 4.54. The van der Waals surface area contributed by atoms with Gasteiger partial charge in [-0.2, -0.15) is 0 Å². The van der Waals surface area contributed by atoms with Crippen LogP contribution in [0.25, 0.3) is 0 Å². The summed E-state index contributed by atoms with van der Waals surface area (Å²) in [6.45, 7) is 4.05. The van der Waals surface area contributed by atoms with Gasteiger partial charge in [0.25, 0.3) is 0 Å². The van der Waals surface area contributed by atoms with Crippen LogP contribution in [-0.2, 0) is 4.79 Å². The van der Waals surface area contributed by atoms with Crippen LogP contribution in [0, 0.1) is 5.92 Å². The molecule has 110 valence electrons. The third-order valence-electron chi connectivity index (χ3n) is 3.31. The van der Waals surface area contributed by atoms with E-state index < -0.39 is 0 Å². The molecule has 0 heterocycles. The van der Waals surface area contributed by atoms with Gasteiger partial charge in [-0.05, 0) is 31.4 Å². The number of carbonyl (C=O) groups is 1. The van der Waals surface area contributed by atoms with E-state index >= 15 is 0 Å². The largest absolute Gasteiger partial charge is 0.489 e. The summed E-state index contributed by atoms with van der Waals surface area (Å²) in [5, 5.41) is 2.92. The number of anilines is 1. The molecule has 0 saturated heterocycles. The minimum absolute atomic E-state index is 0. The van der Waals surface area contributed by atoms with Crippen molar-refractivity contribution in [3.63, 3.8) is 0 Å². The van der Waals surface area contributed by atoms with Gasteiger partial charge in [0.2, 0.25) is 5.91 Å². The molecule has 1 aromatic rings. The second-order valence-electron chi connectivity index (χ2n) is 4.89. The lowest BCUT2D eigenvalue weighted by Gasteiger charge is -2.12. The number of halogens is 1. The Balaban J connectivity index is 0.00000200. The predicted molar refractivity (Wildman–Crippen MR) is 83.3 cm³/mol. The van der Waals surface area contributed by atoms with Crippen LogP contribution >= 0.6 is 12.4 Å². The molecule has 2 unspecified atom stereocenters. The van der Waals surface area contributed by atoms with E-state index in [0.29, 0.717) is 6.61 Å². The van der Waals surface area contributed by atoms with E-state index in [2.05, 4.69) is 11.9 Å². The Morgan fingerprint density at radius 2 is 2.30 bits per heavy atom. The molecule has 1 aromatic carbocycles. The van der Waals surface area contributed by atoms with Crippen molar-refractivity contribution in [2.75, 3.05) is 11.9 Å². The summed E-state index contributed by atoms with van der Waals surface area (Å²) < 4.78 is 5.43. The zero-order chi connectivity index (χ0) is 13.7. The summed E-state index contributed by atoms with van der Waals surface area (Å²) in [4.78, 5) is 12.1. The number of amides is 1. The molecule has 2 rings (SSSR count). The summed E-state index contributed by atoms with van der Waals surface area (Å²) in [7, 11) is 0. The quantitative estimate of drug-likeness (QED) is 0.821. The van der Waals surface area contributed by atoms with Crippen molar-refractivity contribution in [3.05, 3.63) is 36.9 Å². The number of benzene rings is 1. The van der Waals surface area contributed by atoms with Crippen molar-refractivity contribution in [1.82, 2.24) is 0 Å². The number of hydrogen-bond donors (Lipinski definition) is 2. The Hall–Kier alpha value is -1.52. The molecule has 0 spiro atoms. The molecular weight excluding hydrogens is 276 g/mol. The van der Waals surface area contributed by atoms with Gasteiger partial charge in [-0.25, -0.2) is 0 Å². The summed E-state index contributed by atoms with van der Waals surface area (Å²) >= 11 is 0. The molecule has 1 saturated carbocycles. The molecule has 4 nitrogen and oxygen atoms in total. The van der Waals surface area contributed by atoms with Crippen LogP contribution in [-0.4, -0.2) is 18.6 Å². The molecule has 0 radical (unpaired) electrons. The molecule has 20 heavy (non-hydrogen) atoms. The van der Waals surface area contributed by atoms with Gasteiger partial charge in [0, 0.05) is 23.7 Å². The first-order chi connectivity index (χ1) is 9.19. The van der Waals surface area contributed by atoms with E-state index in [1.165, 1.54) is 0 Å². The number of nitrogens with two attached hydrogens (primary N) is 1. The Kier molecular flexibility index (Phi) is 6.55. The molecule has 1 amide bonds. The van der Waals surface area contributed by atoms with Crippen LogP contribution in [0.4, 0.5) is 5.69 Å². The van der Waals surface area contributed by atoms with Gasteiger partial charge in [0.15, 0.2) is 0 Å². The minimum Gasteiger partial charge on any atom is -0.489 e. The fourth-order valence-corrected chi connectivity index (χ4v) is 2.32. The maximum absolute atomic E-state index is 12.1. The maximum atomic E-state index is 12.1. The summed E-state index contributed by atoms with van der Waals surface area (Å²) in [6.07, 6.45) is 4.27. The first-order valence-corrected chi connectivity index (χ1v) is 6.59. The predicted octanol–water partition coefficient (Wildman–Crippen LogP) is 2.74. The molecular formula is C15H21ClN2O2. The molecule has 0 aromatic heterocycles. The molecule has 1 aliphatic rings. The van der Waals surface area contributed by atoms with E-state index in [0.717, 1.165) is 30.7 Å². The van der Waals surface area contributed by atoms with Crippen LogP contribution in [0.15, 0.2) is 36.9 Å². The zero-order valence-corrected chi connectivity index (χ0v) is 12.2. The fraction of sp³-hybridized carbons (Fsp3) is 0.400. The number of rotatable bonds is 5. The van der Waals surface area contributed by atoms with Crippen LogP contribution in [0.3, 0.4) is 0 Å². The Bertz CT molecular complexity index is 465. The number of carbonyl (C=O) groups excluding carboxylic acids is 1. The van der Waals surface area contributed by atoms with Crippen molar-refractivity contribution in [1.29, 1.82) is 0 Å². The fourth-order valence-electron chi connectivity index (χ4n) is 2.32. The van der Waals surface area contributed by atoms with Crippen LogP contribution in [0.5, 0.6) is 5.75 Å². The minimum atomic E-state index is 0. The molecule has 0 aliphatic heterocycles. The lowest BCUT2D eigenvalue weighted by atomic mass is 10.1. The van der Waals surface area contributed by atoms with Gasteiger partial charge in [-0.3, -0.25) is 4.79 Å². The van der Waals surface area contributed by atoms with E-state index in [1.807, 2.05) is 24.3 Å². The van der Waals surface area contributed by atoms with Crippen molar-refractivity contribution >= 4 is 24.0 Å². The number of nitrogens with one attached hydrogen (secondary N) is 1. The SMILES string of the molecule is C=CCOc1cccc(NC(=O)C2CCC(N)C2)c1.Cl. The van der Waals surface area contributed by atoms with E-state index in [-0.39, 0.29) is 30.3 Å². The second-order valence-corrected chi connectivity index (χ2v) is 4.89. The van der Waals surface area contributed by atoms with E-state index in [9.17, 15) is 4.79 Å². The van der Waals surface area contributed by atoms with Gasteiger partial charge in [-0.1, -0.05) is 18.7 Å². The van der Waals surface area contributed by atoms with Crippen LogP contribution in [0.1, 0.15) is 19.3 Å². The third-order valence-corrected chi connectivity index (χ3v) is 3.31. The normalized spacial score (nSPS) is 20.9. The highest BCUT2D eigenvalue weighted by molar-refractivity contribution is 5.92. The molecule has 0 bridgehead atoms. The van der Waals surface area contributed by atoms with Gasteiger partial charge in [0.1, 0.15) is 12.4 Å². The van der Waals surface area contributed by atoms with Crippen LogP contribution < -0.4 is 15.8 Å². The van der Waals surface area contributed by atoms with Gasteiger partial charge < -0.3 is 15.8 Å². The topological polar surface area (TPSA) is 64.3 Å². The highest BCUT2D eigenvalue weighted by Crippen LogP contribution is 2.26. The molecule has 2 atom stereocenters. The van der Waals surface area contributed by atoms with E-state index in [1.54, 1.807) is 6.08 Å². The monoisotopic (exact) mass is 296 g/mol. The lowest BCUT2D eigenvalue weighted by Crippen LogP contribution is -2.23. The summed E-state index contributed by atoms with van der Waals surface area (Å²) in [5.74, 6) is 0.808. The van der Waals surface area contributed by atoms with Crippen molar-refractivity contribution in [2.24, 2.45) is 11.7 Å². The molecule has 1 aliphatic carbocycles. The lowest BCUT2D eigenvalue weighted by molar-refractivity contribution is -0.119. The first kappa shape index (κ1) is 16.5. The average Bonchev–Trinajstić information content (AvgIpc) is 2.83. The maximum Gasteiger partial charge on any atom is 0.227 e. The van der Waals surface area contributed by atoms with Crippen LogP contribution in [0.2, 0.25) is 0 Å². The van der Waals surface area contributed by atoms with Gasteiger partial charge >= 0.3 is 0 Å². The summed E-state index contributed by atoms with van der Waals surface area (Å²) in [6, 6.07) is 7.54. The highest BCUT2D eigenvalue weighted by atomic mass is 35.5. The average molecular weight is 297 g/mol. The Morgan fingerprint density at radius 1 is 1.50 bits per heavy atom. The number of hydrogen-bond acceptors (Lipinski definition) is 3. The smallest absolute Gasteiger partial charge is 0.227 e. The van der Waals surface area contributed by atoms with Crippen molar-refractivity contribution in [3.8, 4) is 5.75 Å². The second kappa shape index (κ2) is 7.92. The summed E-state index contributed by atoms with van der Waals surface area (Å²) in [5.41, 5.74) is 6.58. The Labute approximate surface area is 125 Å². The molecule has 5 heteroatoms. The van der Waals surface area contributed by atoms with Crippen molar-refractivity contribution in [2.45, 2.75) is 25.3 Å². The Morgan fingerprint density at radius 3 is 2.95 bits per heavy atom. The molecule has 1 fully saturated rings. The zero-order valence-electron chi connectivity index (χ0n) is 11.4. The number of ether oxygens (including phenoxy) is 1. The van der Waals surface area contributed by atoms with Crippen molar-refractivity contribution < 1.29 is 9.53 Å². The highest BCUT2D eigenvalue weighted by Gasteiger charge is 2.27. The first-order valence-electron chi connectivity index (χ1n) is 6.59. The van der Waals surface area contributed by atoms with Gasteiger partial charge in [0.05, 0.1) is 0 Å². The van der Waals surface area contributed by atoms with Gasteiger partial charge in [-0.15, -0.1) is 12.4 Å². The standard InChI is InChI=1S/C15H20N2O2.ClH/c1-2-8-19-14-5-3-4-13(10-14)17-15(18)11-6-7-12(16)9-11;/h2-5,10-12H,1,6-9,16H2,(H,17,18);1H. The van der Waals surface area contributed by atoms with E-state index in [4.69, 9.17) is 10.5 Å².